The first-order valence-electron chi connectivity index (χ1n) is 6.96. The average Bonchev–Trinajstić information content (AvgIpc) is 2.94. The number of hydrogen-bond donors (Lipinski definition) is 0. The van der Waals surface area contributed by atoms with E-state index in [0.717, 1.165) is 36.1 Å². The number of fused-ring (bicyclic) bond motifs is 1. The van der Waals surface area contributed by atoms with Crippen LogP contribution in [0.15, 0.2) is 24.5 Å². The Kier molecular flexibility index (Phi) is 3.68. The van der Waals surface area contributed by atoms with Gasteiger partial charge in [0.25, 0.3) is 0 Å². The number of amides is 1. The highest BCUT2D eigenvalue weighted by Crippen LogP contribution is 2.31. The molecule has 1 amide bonds. The number of hydrogen-bond acceptors (Lipinski definition) is 4. The number of benzene rings is 1. The van der Waals surface area contributed by atoms with Crippen LogP contribution in [0, 0.1) is 0 Å². The number of rotatable bonds is 2. The van der Waals surface area contributed by atoms with Crippen molar-refractivity contribution in [3.63, 3.8) is 0 Å². The van der Waals surface area contributed by atoms with Crippen LogP contribution in [-0.4, -0.2) is 47.5 Å². The maximum atomic E-state index is 12.3. The van der Waals surface area contributed by atoms with Crippen molar-refractivity contribution in [1.29, 1.82) is 0 Å². The predicted molar refractivity (Wildman–Crippen MR) is 83.6 cm³/mol. The molecule has 1 aliphatic rings. The van der Waals surface area contributed by atoms with Crippen LogP contribution in [-0.2, 0) is 4.79 Å². The van der Waals surface area contributed by atoms with Crippen LogP contribution in [0.25, 0.3) is 10.9 Å². The zero-order valence-electron chi connectivity index (χ0n) is 12.1. The number of halogens is 1. The molecule has 0 bridgehead atoms. The second-order valence-corrected chi connectivity index (χ2v) is 5.88. The summed E-state index contributed by atoms with van der Waals surface area (Å²) in [5.74, 6) is 0.933. The Balaban J connectivity index is 2.05. The van der Waals surface area contributed by atoms with Crippen molar-refractivity contribution in [3.05, 3.63) is 29.5 Å². The highest BCUT2D eigenvalue weighted by Gasteiger charge is 2.33. The predicted octanol–water partition coefficient (Wildman–Crippen LogP) is 2.34. The Morgan fingerprint density at radius 2 is 2.19 bits per heavy atom. The van der Waals surface area contributed by atoms with E-state index in [0.29, 0.717) is 5.02 Å². The van der Waals surface area contributed by atoms with Crippen LogP contribution in [0.5, 0.6) is 0 Å². The van der Waals surface area contributed by atoms with Gasteiger partial charge in [-0.25, -0.2) is 9.97 Å². The fourth-order valence-corrected chi connectivity index (χ4v) is 2.99. The van der Waals surface area contributed by atoms with Gasteiger partial charge in [0.2, 0.25) is 5.91 Å². The van der Waals surface area contributed by atoms with Crippen molar-refractivity contribution in [2.24, 2.45) is 0 Å². The summed E-state index contributed by atoms with van der Waals surface area (Å²) in [5, 5.41) is 1.58. The van der Waals surface area contributed by atoms with Gasteiger partial charge in [-0.3, -0.25) is 4.79 Å². The zero-order chi connectivity index (χ0) is 15.0. The molecule has 1 atom stereocenters. The largest absolute Gasteiger partial charge is 0.347 e. The summed E-state index contributed by atoms with van der Waals surface area (Å²) in [6.07, 6.45) is 3.38. The maximum Gasteiger partial charge on any atom is 0.244 e. The summed E-state index contributed by atoms with van der Waals surface area (Å²) in [4.78, 5) is 24.7. The molecule has 5 nitrogen and oxygen atoms in total. The monoisotopic (exact) mass is 304 g/mol. The van der Waals surface area contributed by atoms with E-state index in [-0.39, 0.29) is 11.9 Å². The summed E-state index contributed by atoms with van der Waals surface area (Å²) in [7, 11) is 3.58. The fraction of sp³-hybridized carbons (Fsp3) is 0.400. The Labute approximate surface area is 128 Å². The molecular formula is C15H17ClN4O. The van der Waals surface area contributed by atoms with E-state index < -0.39 is 0 Å². The maximum absolute atomic E-state index is 12.3. The molecule has 21 heavy (non-hydrogen) atoms. The molecule has 0 aliphatic carbocycles. The normalized spacial score (nSPS) is 18.2. The van der Waals surface area contributed by atoms with Gasteiger partial charge in [-0.1, -0.05) is 11.6 Å². The molecule has 1 aliphatic heterocycles. The molecule has 6 heteroatoms. The average molecular weight is 305 g/mol. The highest BCUT2D eigenvalue weighted by atomic mass is 35.5. The molecule has 2 heterocycles. The smallest absolute Gasteiger partial charge is 0.244 e. The molecule has 1 saturated heterocycles. The van der Waals surface area contributed by atoms with Crippen molar-refractivity contribution in [2.45, 2.75) is 18.9 Å². The van der Waals surface area contributed by atoms with Gasteiger partial charge in [-0.05, 0) is 31.0 Å². The van der Waals surface area contributed by atoms with E-state index in [1.165, 1.54) is 6.33 Å². The first-order chi connectivity index (χ1) is 10.1. The van der Waals surface area contributed by atoms with Crippen LogP contribution in [0.2, 0.25) is 5.02 Å². The summed E-state index contributed by atoms with van der Waals surface area (Å²) in [6, 6.07) is 5.42. The molecule has 1 unspecified atom stereocenters. The van der Waals surface area contributed by atoms with Crippen molar-refractivity contribution >= 4 is 34.2 Å². The summed E-state index contributed by atoms with van der Waals surface area (Å²) in [5.41, 5.74) is 0.801. The molecule has 2 aromatic rings. The third-order valence-electron chi connectivity index (χ3n) is 3.83. The lowest BCUT2D eigenvalue weighted by Gasteiger charge is -2.27. The van der Waals surface area contributed by atoms with E-state index >= 15 is 0 Å². The minimum absolute atomic E-state index is 0.119. The molecule has 0 N–H and O–H groups in total. The van der Waals surface area contributed by atoms with E-state index in [4.69, 9.17) is 11.6 Å². The van der Waals surface area contributed by atoms with Crippen LogP contribution in [0.1, 0.15) is 12.8 Å². The van der Waals surface area contributed by atoms with E-state index in [1.807, 2.05) is 18.2 Å². The first-order valence-corrected chi connectivity index (χ1v) is 7.34. The second-order valence-electron chi connectivity index (χ2n) is 5.44. The van der Waals surface area contributed by atoms with Crippen LogP contribution < -0.4 is 4.90 Å². The van der Waals surface area contributed by atoms with Crippen molar-refractivity contribution in [3.8, 4) is 0 Å². The molecule has 3 rings (SSSR count). The molecule has 0 saturated carbocycles. The lowest BCUT2D eigenvalue weighted by molar-refractivity contribution is -0.129. The molecule has 0 spiro atoms. The number of likely N-dealkylation sites (N-methyl/N-ethyl adjacent to an activating group) is 1. The van der Waals surface area contributed by atoms with Gasteiger partial charge in [0, 0.05) is 31.0 Å². The van der Waals surface area contributed by atoms with Gasteiger partial charge in [0.1, 0.15) is 18.2 Å². The zero-order valence-corrected chi connectivity index (χ0v) is 12.8. The highest BCUT2D eigenvalue weighted by molar-refractivity contribution is 6.31. The van der Waals surface area contributed by atoms with Gasteiger partial charge in [-0.2, -0.15) is 0 Å². The lowest BCUT2D eigenvalue weighted by Crippen LogP contribution is -2.43. The molecule has 110 valence electrons. The molecule has 1 aromatic heterocycles. The van der Waals surface area contributed by atoms with Gasteiger partial charge < -0.3 is 9.80 Å². The number of anilines is 1. The minimum atomic E-state index is -0.145. The fourth-order valence-electron chi connectivity index (χ4n) is 2.82. The van der Waals surface area contributed by atoms with Gasteiger partial charge in [-0.15, -0.1) is 0 Å². The van der Waals surface area contributed by atoms with Crippen molar-refractivity contribution < 1.29 is 4.79 Å². The Morgan fingerprint density at radius 3 is 2.95 bits per heavy atom. The SMILES string of the molecule is CN(C)C(=O)C1CCCN1c1ncnc2cc(Cl)ccc12. The van der Waals surface area contributed by atoms with Gasteiger partial charge in [0.05, 0.1) is 5.52 Å². The molecule has 1 fully saturated rings. The lowest BCUT2D eigenvalue weighted by atomic mass is 10.1. The van der Waals surface area contributed by atoms with Gasteiger partial charge >= 0.3 is 0 Å². The Morgan fingerprint density at radius 1 is 1.38 bits per heavy atom. The van der Waals surface area contributed by atoms with Crippen LogP contribution in [0.3, 0.4) is 0 Å². The molecule has 1 aromatic carbocycles. The quantitative estimate of drug-likeness (QED) is 0.854. The minimum Gasteiger partial charge on any atom is -0.347 e. The second kappa shape index (κ2) is 5.48. The third-order valence-corrected chi connectivity index (χ3v) is 4.06. The topological polar surface area (TPSA) is 49.3 Å². The standard InChI is InChI=1S/C15H17ClN4O/c1-19(2)15(21)13-4-3-7-20(13)14-11-6-5-10(16)8-12(11)17-9-18-14/h5-6,8-9,13H,3-4,7H2,1-2H3. The van der Waals surface area contributed by atoms with Crippen LogP contribution >= 0.6 is 11.6 Å². The van der Waals surface area contributed by atoms with E-state index in [1.54, 1.807) is 19.0 Å². The number of aromatic nitrogens is 2. The number of carbonyl (C=O) groups is 1. The van der Waals surface area contributed by atoms with E-state index in [2.05, 4.69) is 14.9 Å². The summed E-state index contributed by atoms with van der Waals surface area (Å²) >= 11 is 6.02. The summed E-state index contributed by atoms with van der Waals surface area (Å²) in [6.45, 7) is 0.832. The third kappa shape index (κ3) is 2.53. The Hall–Kier alpha value is -1.88. The number of nitrogens with zero attached hydrogens (tertiary/aromatic N) is 4. The first kappa shape index (κ1) is 14.1. The summed E-state index contributed by atoms with van der Waals surface area (Å²) < 4.78 is 0. The van der Waals surface area contributed by atoms with E-state index in [9.17, 15) is 4.79 Å². The molecule has 0 radical (unpaired) electrons. The number of carbonyl (C=O) groups excluding carboxylic acids is 1. The van der Waals surface area contributed by atoms with Gasteiger partial charge in [0.15, 0.2) is 0 Å². The van der Waals surface area contributed by atoms with Crippen molar-refractivity contribution in [1.82, 2.24) is 14.9 Å². The van der Waals surface area contributed by atoms with Crippen molar-refractivity contribution in [2.75, 3.05) is 25.5 Å². The Bertz CT molecular complexity index is 688. The van der Waals surface area contributed by atoms with Crippen LogP contribution in [0.4, 0.5) is 5.82 Å². The molecular weight excluding hydrogens is 288 g/mol.